The Morgan fingerprint density at radius 3 is 2.38 bits per heavy atom. The monoisotopic (exact) mass is 378 g/mol. The second-order valence-electron chi connectivity index (χ2n) is 7.05. The van der Waals surface area contributed by atoms with E-state index < -0.39 is 0 Å². The molecule has 0 aromatic heterocycles. The SMILES string of the molecule is CC(C(=O)Nc1ccccc1Cl)N1CCN(CC(=O)N2CCCC2)CC1. The van der Waals surface area contributed by atoms with Crippen LogP contribution in [0.5, 0.6) is 0 Å². The third-order valence-corrected chi connectivity index (χ3v) is 5.61. The molecule has 1 N–H and O–H groups in total. The van der Waals surface area contributed by atoms with Crippen LogP contribution in [-0.4, -0.2) is 78.4 Å². The summed E-state index contributed by atoms with van der Waals surface area (Å²) in [5.41, 5.74) is 0.640. The lowest BCUT2D eigenvalue weighted by atomic mass is 10.2. The number of para-hydroxylation sites is 1. The first-order valence-corrected chi connectivity index (χ1v) is 9.72. The molecule has 0 saturated carbocycles. The first-order valence-electron chi connectivity index (χ1n) is 9.34. The van der Waals surface area contributed by atoms with Crippen LogP contribution < -0.4 is 5.32 Å². The summed E-state index contributed by atoms with van der Waals surface area (Å²) in [7, 11) is 0. The van der Waals surface area contributed by atoms with Crippen molar-refractivity contribution < 1.29 is 9.59 Å². The van der Waals surface area contributed by atoms with E-state index in [2.05, 4.69) is 15.1 Å². The summed E-state index contributed by atoms with van der Waals surface area (Å²) in [6.45, 7) is 7.39. The highest BCUT2D eigenvalue weighted by Crippen LogP contribution is 2.21. The van der Waals surface area contributed by atoms with Gasteiger partial charge in [0.25, 0.3) is 0 Å². The molecule has 2 saturated heterocycles. The number of halogens is 1. The number of piperazine rings is 1. The molecule has 2 aliphatic rings. The zero-order valence-electron chi connectivity index (χ0n) is 15.3. The second-order valence-corrected chi connectivity index (χ2v) is 7.45. The van der Waals surface area contributed by atoms with Crippen LogP contribution in [0, 0.1) is 0 Å². The highest BCUT2D eigenvalue weighted by molar-refractivity contribution is 6.33. The van der Waals surface area contributed by atoms with E-state index >= 15 is 0 Å². The third-order valence-electron chi connectivity index (χ3n) is 5.28. The van der Waals surface area contributed by atoms with Gasteiger partial charge in [0.15, 0.2) is 0 Å². The molecule has 0 radical (unpaired) electrons. The summed E-state index contributed by atoms with van der Waals surface area (Å²) in [6.07, 6.45) is 2.25. The molecule has 6 nitrogen and oxygen atoms in total. The number of amides is 2. The Morgan fingerprint density at radius 2 is 1.73 bits per heavy atom. The Morgan fingerprint density at radius 1 is 1.08 bits per heavy atom. The van der Waals surface area contributed by atoms with Crippen molar-refractivity contribution in [1.82, 2.24) is 14.7 Å². The van der Waals surface area contributed by atoms with Crippen molar-refractivity contribution in [2.24, 2.45) is 0 Å². The molecule has 26 heavy (non-hydrogen) atoms. The van der Waals surface area contributed by atoms with Gasteiger partial charge in [0, 0.05) is 39.3 Å². The summed E-state index contributed by atoms with van der Waals surface area (Å²) in [5.74, 6) is 0.181. The van der Waals surface area contributed by atoms with Crippen LogP contribution in [0.3, 0.4) is 0 Å². The van der Waals surface area contributed by atoms with E-state index in [1.165, 1.54) is 0 Å². The maximum atomic E-state index is 12.5. The fourth-order valence-electron chi connectivity index (χ4n) is 3.53. The number of carbonyl (C=O) groups excluding carboxylic acids is 2. The highest BCUT2D eigenvalue weighted by Gasteiger charge is 2.28. The van der Waals surface area contributed by atoms with E-state index in [0.717, 1.165) is 52.1 Å². The van der Waals surface area contributed by atoms with Crippen LogP contribution in [0.1, 0.15) is 19.8 Å². The Hall–Kier alpha value is -1.63. The summed E-state index contributed by atoms with van der Waals surface area (Å²) in [5, 5.41) is 3.44. The zero-order chi connectivity index (χ0) is 18.5. The van der Waals surface area contributed by atoms with E-state index in [0.29, 0.717) is 17.3 Å². The van der Waals surface area contributed by atoms with Crippen molar-refractivity contribution in [3.63, 3.8) is 0 Å². The molecule has 1 atom stereocenters. The fraction of sp³-hybridized carbons (Fsp3) is 0.579. The molecule has 0 aliphatic carbocycles. The van der Waals surface area contributed by atoms with Crippen molar-refractivity contribution in [3.05, 3.63) is 29.3 Å². The van der Waals surface area contributed by atoms with Crippen molar-refractivity contribution in [2.45, 2.75) is 25.8 Å². The number of benzene rings is 1. The molecule has 2 aliphatic heterocycles. The average molecular weight is 379 g/mol. The Balaban J connectivity index is 1.45. The summed E-state index contributed by atoms with van der Waals surface area (Å²) in [6, 6.07) is 7.02. The number of hydrogen-bond donors (Lipinski definition) is 1. The van der Waals surface area contributed by atoms with Crippen molar-refractivity contribution in [1.29, 1.82) is 0 Å². The smallest absolute Gasteiger partial charge is 0.241 e. The van der Waals surface area contributed by atoms with Crippen LogP contribution in [0.4, 0.5) is 5.69 Å². The number of hydrogen-bond acceptors (Lipinski definition) is 4. The number of rotatable bonds is 5. The molecule has 1 aromatic rings. The maximum absolute atomic E-state index is 12.5. The Bertz CT molecular complexity index is 640. The summed E-state index contributed by atoms with van der Waals surface area (Å²) < 4.78 is 0. The normalized spacial score (nSPS) is 20.2. The van der Waals surface area contributed by atoms with Crippen LogP contribution in [-0.2, 0) is 9.59 Å². The lowest BCUT2D eigenvalue weighted by molar-refractivity contribution is -0.132. The number of likely N-dealkylation sites (tertiary alicyclic amines) is 1. The van der Waals surface area contributed by atoms with E-state index in [4.69, 9.17) is 11.6 Å². The van der Waals surface area contributed by atoms with E-state index in [1.54, 1.807) is 12.1 Å². The first-order chi connectivity index (χ1) is 12.5. The third kappa shape index (κ3) is 4.75. The van der Waals surface area contributed by atoms with Gasteiger partial charge in [-0.05, 0) is 31.9 Å². The predicted octanol–water partition coefficient (Wildman–Crippen LogP) is 1.91. The number of anilines is 1. The van der Waals surface area contributed by atoms with Gasteiger partial charge in [-0.15, -0.1) is 0 Å². The van der Waals surface area contributed by atoms with Gasteiger partial charge in [-0.1, -0.05) is 23.7 Å². The quantitative estimate of drug-likeness (QED) is 0.850. The molecule has 0 spiro atoms. The maximum Gasteiger partial charge on any atom is 0.241 e. The van der Waals surface area contributed by atoms with Crippen molar-refractivity contribution in [2.75, 3.05) is 51.1 Å². The molecule has 2 heterocycles. The topological polar surface area (TPSA) is 55.9 Å². The molecule has 1 unspecified atom stereocenters. The van der Waals surface area contributed by atoms with Gasteiger partial charge in [-0.25, -0.2) is 0 Å². The summed E-state index contributed by atoms with van der Waals surface area (Å²) >= 11 is 6.11. The van der Waals surface area contributed by atoms with Gasteiger partial charge >= 0.3 is 0 Å². The van der Waals surface area contributed by atoms with Crippen LogP contribution in [0.2, 0.25) is 5.02 Å². The minimum Gasteiger partial charge on any atom is -0.342 e. The van der Waals surface area contributed by atoms with Gasteiger partial charge in [-0.2, -0.15) is 0 Å². The molecule has 0 bridgehead atoms. The Kier molecular flexibility index (Phi) is 6.51. The molecular weight excluding hydrogens is 352 g/mol. The first kappa shape index (κ1) is 19.1. The Labute approximate surface area is 160 Å². The van der Waals surface area contributed by atoms with Gasteiger partial charge in [0.1, 0.15) is 0 Å². The van der Waals surface area contributed by atoms with Crippen LogP contribution >= 0.6 is 11.6 Å². The average Bonchev–Trinajstić information content (AvgIpc) is 3.18. The zero-order valence-corrected chi connectivity index (χ0v) is 16.0. The van der Waals surface area contributed by atoms with Crippen molar-refractivity contribution >= 4 is 29.1 Å². The minimum absolute atomic E-state index is 0.0558. The standard InChI is InChI=1S/C19H27ClN4O2/c1-15(19(26)21-17-7-3-2-6-16(17)20)23-12-10-22(11-13-23)14-18(25)24-8-4-5-9-24/h2-3,6-7,15H,4-5,8-14H2,1H3,(H,21,26). The van der Waals surface area contributed by atoms with Crippen LogP contribution in [0.25, 0.3) is 0 Å². The molecular formula is C19H27ClN4O2. The van der Waals surface area contributed by atoms with E-state index in [-0.39, 0.29) is 17.9 Å². The predicted molar refractivity (Wildman–Crippen MR) is 103 cm³/mol. The van der Waals surface area contributed by atoms with Gasteiger partial charge in [0.2, 0.25) is 11.8 Å². The highest BCUT2D eigenvalue weighted by atomic mass is 35.5. The lowest BCUT2D eigenvalue weighted by Gasteiger charge is -2.37. The fourth-order valence-corrected chi connectivity index (χ4v) is 3.72. The molecule has 2 fully saturated rings. The number of carbonyl (C=O) groups is 2. The van der Waals surface area contributed by atoms with E-state index in [1.807, 2.05) is 24.0 Å². The molecule has 7 heteroatoms. The number of nitrogens with one attached hydrogen (secondary N) is 1. The second kappa shape index (κ2) is 8.84. The molecule has 2 amide bonds. The van der Waals surface area contributed by atoms with Gasteiger partial charge < -0.3 is 10.2 Å². The van der Waals surface area contributed by atoms with E-state index in [9.17, 15) is 9.59 Å². The van der Waals surface area contributed by atoms with Gasteiger partial charge in [-0.3, -0.25) is 19.4 Å². The molecule has 142 valence electrons. The van der Waals surface area contributed by atoms with Crippen LogP contribution in [0.15, 0.2) is 24.3 Å². The molecule has 1 aromatic carbocycles. The minimum atomic E-state index is -0.234. The lowest BCUT2D eigenvalue weighted by Crippen LogP contribution is -2.54. The van der Waals surface area contributed by atoms with Gasteiger partial charge in [0.05, 0.1) is 23.3 Å². The van der Waals surface area contributed by atoms with Crippen molar-refractivity contribution in [3.8, 4) is 0 Å². The summed E-state index contributed by atoms with van der Waals surface area (Å²) in [4.78, 5) is 31.1. The largest absolute Gasteiger partial charge is 0.342 e. The molecule has 3 rings (SSSR count). The number of nitrogens with zero attached hydrogens (tertiary/aromatic N) is 3.